The van der Waals surface area contributed by atoms with Crippen LogP contribution in [-0.4, -0.2) is 46.0 Å². The number of benzene rings is 1. The number of hydrogen-bond acceptors (Lipinski definition) is 6. The van der Waals surface area contributed by atoms with E-state index in [0.29, 0.717) is 11.1 Å². The topological polar surface area (TPSA) is 123 Å². The number of halogens is 3. The molecule has 36 heavy (non-hydrogen) atoms. The molecule has 190 valence electrons. The van der Waals surface area contributed by atoms with Crippen LogP contribution in [0, 0.1) is 0 Å². The molecule has 0 aliphatic heterocycles. The van der Waals surface area contributed by atoms with Crippen molar-refractivity contribution in [1.82, 2.24) is 14.9 Å². The van der Waals surface area contributed by atoms with Crippen molar-refractivity contribution in [3.8, 4) is 22.8 Å². The fourth-order valence-corrected chi connectivity index (χ4v) is 4.21. The van der Waals surface area contributed by atoms with Gasteiger partial charge in [0.25, 0.3) is 5.56 Å². The maximum Gasteiger partial charge on any atom is 0.511 e. The molecule has 3 aromatic rings. The van der Waals surface area contributed by atoms with Crippen molar-refractivity contribution < 1.29 is 37.3 Å². The second kappa shape index (κ2) is 9.53. The van der Waals surface area contributed by atoms with E-state index in [4.69, 9.17) is 5.11 Å². The van der Waals surface area contributed by atoms with Gasteiger partial charge in [-0.25, -0.2) is 9.59 Å². The Kier molecular flexibility index (Phi) is 6.63. The number of carbonyl (C=O) groups is 2. The van der Waals surface area contributed by atoms with Crippen LogP contribution in [0.25, 0.3) is 28.2 Å². The van der Waals surface area contributed by atoms with Gasteiger partial charge in [-0.1, -0.05) is 19.1 Å². The largest absolute Gasteiger partial charge is 0.511 e. The van der Waals surface area contributed by atoms with Gasteiger partial charge in [-0.05, 0) is 36.7 Å². The Morgan fingerprint density at radius 2 is 1.94 bits per heavy atom. The predicted molar refractivity (Wildman–Crippen MR) is 124 cm³/mol. The summed E-state index contributed by atoms with van der Waals surface area (Å²) >= 11 is 0. The lowest BCUT2D eigenvalue weighted by Gasteiger charge is -2.17. The van der Waals surface area contributed by atoms with Gasteiger partial charge in [0.05, 0.1) is 5.69 Å². The van der Waals surface area contributed by atoms with E-state index >= 15 is 0 Å². The number of alkyl halides is 3. The minimum Gasteiger partial charge on any atom is -0.449 e. The molecule has 0 spiro atoms. The van der Waals surface area contributed by atoms with Crippen LogP contribution in [0.2, 0.25) is 0 Å². The second-order valence-electron chi connectivity index (χ2n) is 8.12. The van der Waals surface area contributed by atoms with Gasteiger partial charge in [-0.3, -0.25) is 4.79 Å². The van der Waals surface area contributed by atoms with E-state index in [0.717, 1.165) is 36.1 Å². The summed E-state index contributed by atoms with van der Waals surface area (Å²) in [7, 11) is 1.93. The zero-order valence-electron chi connectivity index (χ0n) is 19.3. The van der Waals surface area contributed by atoms with Gasteiger partial charge < -0.3 is 29.4 Å². The second-order valence-corrected chi connectivity index (χ2v) is 8.12. The Labute approximate surface area is 202 Å². The van der Waals surface area contributed by atoms with E-state index in [9.17, 15) is 27.6 Å². The Balaban J connectivity index is 1.91. The Morgan fingerprint density at radius 1 is 1.19 bits per heavy atom. The number of nitrogens with one attached hydrogen (secondary N) is 2. The summed E-state index contributed by atoms with van der Waals surface area (Å²) in [6.07, 6.45) is -3.30. The number of carbonyl (C=O) groups excluding carboxylic acids is 1. The van der Waals surface area contributed by atoms with Crippen LogP contribution in [0.15, 0.2) is 29.1 Å². The minimum absolute atomic E-state index is 0.0268. The Morgan fingerprint density at radius 3 is 2.61 bits per heavy atom. The number of rotatable bonds is 6. The van der Waals surface area contributed by atoms with Crippen molar-refractivity contribution in [2.24, 2.45) is 7.05 Å². The van der Waals surface area contributed by atoms with Crippen molar-refractivity contribution in [3.63, 3.8) is 0 Å². The molecule has 0 fully saturated rings. The number of nitrogens with zero attached hydrogens (tertiary/aromatic N) is 1. The number of pyridine rings is 1. The van der Waals surface area contributed by atoms with Crippen molar-refractivity contribution in [1.29, 1.82) is 0 Å². The number of aromatic amines is 1. The zero-order chi connectivity index (χ0) is 26.2. The molecular formula is C24H22F3N3O6. The number of ether oxygens (including phenoxy) is 2. The number of esters is 1. The molecule has 1 aliphatic carbocycles. The van der Waals surface area contributed by atoms with Gasteiger partial charge in [-0.2, -0.15) is 13.2 Å². The lowest BCUT2D eigenvalue weighted by Crippen LogP contribution is -2.30. The molecule has 4 rings (SSSR count). The molecule has 2 heterocycles. The van der Waals surface area contributed by atoms with Crippen LogP contribution in [0.4, 0.5) is 18.0 Å². The van der Waals surface area contributed by atoms with Crippen LogP contribution in [0.5, 0.6) is 11.5 Å². The highest BCUT2D eigenvalue weighted by molar-refractivity contribution is 5.93. The van der Waals surface area contributed by atoms with E-state index < -0.39 is 35.4 Å². The first-order valence-electron chi connectivity index (χ1n) is 11.0. The number of aryl methyl sites for hydroxylation is 1. The normalized spacial score (nSPS) is 12.7. The summed E-state index contributed by atoms with van der Waals surface area (Å²) in [6, 6.07) is 5.64. The third-order valence-electron chi connectivity index (χ3n) is 5.85. The van der Waals surface area contributed by atoms with E-state index in [2.05, 4.69) is 19.8 Å². The summed E-state index contributed by atoms with van der Waals surface area (Å²) in [5.41, 5.74) is 2.01. The summed E-state index contributed by atoms with van der Waals surface area (Å²) in [5.74, 6) is -4.56. The van der Waals surface area contributed by atoms with Crippen LogP contribution < -0.4 is 20.3 Å². The first-order valence-corrected chi connectivity index (χ1v) is 11.0. The van der Waals surface area contributed by atoms with Gasteiger partial charge in [-0.15, -0.1) is 0 Å². The lowest BCUT2D eigenvalue weighted by molar-refractivity contribution is -0.189. The van der Waals surface area contributed by atoms with Crippen molar-refractivity contribution >= 4 is 29.1 Å². The van der Waals surface area contributed by atoms with Crippen LogP contribution in [0.1, 0.15) is 23.7 Å². The quantitative estimate of drug-likeness (QED) is 0.344. The van der Waals surface area contributed by atoms with E-state index in [1.165, 1.54) is 0 Å². The summed E-state index contributed by atoms with van der Waals surface area (Å²) in [4.78, 5) is 38.0. The smallest absolute Gasteiger partial charge is 0.449 e. The van der Waals surface area contributed by atoms with Crippen molar-refractivity contribution in [2.75, 3.05) is 13.1 Å². The zero-order valence-corrected chi connectivity index (χ0v) is 19.3. The molecule has 0 bridgehead atoms. The maximum atomic E-state index is 13.0. The number of aromatic nitrogens is 2. The molecule has 0 saturated heterocycles. The predicted octanol–water partition coefficient (Wildman–Crippen LogP) is 3.78. The monoisotopic (exact) mass is 505 g/mol. The molecule has 1 aliphatic rings. The number of H-pyrrole nitrogens is 1. The summed E-state index contributed by atoms with van der Waals surface area (Å²) < 4.78 is 49.9. The third-order valence-corrected chi connectivity index (χ3v) is 5.85. The molecule has 12 heteroatoms. The average molecular weight is 505 g/mol. The highest BCUT2D eigenvalue weighted by Gasteiger charge is 2.43. The van der Waals surface area contributed by atoms with Gasteiger partial charge in [0.15, 0.2) is 5.75 Å². The number of hydrogen-bond donors (Lipinski definition) is 3. The number of carboxylic acid groups (broad SMARTS) is 1. The highest BCUT2D eigenvalue weighted by atomic mass is 19.4. The van der Waals surface area contributed by atoms with E-state index in [1.54, 1.807) is 18.2 Å². The Hall–Kier alpha value is -4.06. The molecule has 1 aromatic carbocycles. The average Bonchev–Trinajstić information content (AvgIpc) is 2.99. The number of allylic oxidation sites excluding steroid dienone is 1. The molecule has 0 saturated carbocycles. The van der Waals surface area contributed by atoms with Gasteiger partial charge in [0.1, 0.15) is 0 Å². The Bertz CT molecular complexity index is 1450. The fraction of sp³-hybridized carbons (Fsp3) is 0.292. The number of fused-ring (bicyclic) bond motifs is 4. The molecule has 2 aromatic heterocycles. The van der Waals surface area contributed by atoms with Crippen molar-refractivity contribution in [2.45, 2.75) is 25.9 Å². The first kappa shape index (κ1) is 25.0. The molecular weight excluding hydrogens is 483 g/mol. The van der Waals surface area contributed by atoms with Crippen molar-refractivity contribution in [3.05, 3.63) is 51.4 Å². The lowest BCUT2D eigenvalue weighted by atomic mass is 9.99. The molecule has 0 amide bonds. The van der Waals surface area contributed by atoms with Gasteiger partial charge >= 0.3 is 18.3 Å². The van der Waals surface area contributed by atoms with E-state index in [-0.39, 0.29) is 17.7 Å². The maximum absolute atomic E-state index is 13.0. The fourth-order valence-electron chi connectivity index (χ4n) is 4.21. The molecule has 0 unspecified atom stereocenters. The summed E-state index contributed by atoms with van der Waals surface area (Å²) in [5, 5.41) is 13.1. The van der Waals surface area contributed by atoms with Crippen LogP contribution in [-0.2, 0) is 24.7 Å². The number of likely N-dealkylation sites (N-methyl/N-ethyl adjacent to an activating group) is 1. The SMILES string of the molecule is CCNCCc1cc2cc3c(cc2n1C)C=CCc1c-3[nH]c(=O)c(OC(=O)O)c1OC(=O)C(F)(F)F. The van der Waals surface area contributed by atoms with Crippen LogP contribution >= 0.6 is 0 Å². The van der Waals surface area contributed by atoms with Gasteiger partial charge in [0, 0.05) is 47.7 Å². The van der Waals surface area contributed by atoms with Gasteiger partial charge in [0.2, 0.25) is 5.75 Å². The molecule has 9 nitrogen and oxygen atoms in total. The first-order chi connectivity index (χ1) is 17.0. The third kappa shape index (κ3) is 4.71. The van der Waals surface area contributed by atoms with E-state index in [1.807, 2.05) is 30.7 Å². The molecule has 0 radical (unpaired) electrons. The molecule has 0 atom stereocenters. The summed E-state index contributed by atoms with van der Waals surface area (Å²) in [6.45, 7) is 3.62. The molecule has 3 N–H and O–H groups in total. The highest BCUT2D eigenvalue weighted by Crippen LogP contribution is 2.40. The minimum atomic E-state index is -5.38. The van der Waals surface area contributed by atoms with Crippen LogP contribution in [0.3, 0.4) is 0 Å². The standard InChI is InChI=1S/C24H22F3N3O6/c1-3-28-8-7-14-9-13-10-16-12(11-17(13)30(14)2)5-4-6-15-18(16)29-21(31)20(36-23(33)34)19(15)35-22(32)24(25,26)27/h4-5,9-11,28H,3,6-8H2,1-2H3,(H,29,31)(H,33,34).